The summed E-state index contributed by atoms with van der Waals surface area (Å²) in [7, 11) is -1.35. The van der Waals surface area contributed by atoms with Gasteiger partial charge in [0.15, 0.2) is 23.3 Å². The summed E-state index contributed by atoms with van der Waals surface area (Å²) in [4.78, 5) is -0.466. The fourth-order valence-corrected chi connectivity index (χ4v) is 3.59. The maximum atomic E-state index is 13.9. The first-order valence-electron chi connectivity index (χ1n) is 6.13. The average Bonchev–Trinajstić information content (AvgIpc) is 2.51. The van der Waals surface area contributed by atoms with Crippen LogP contribution in [-0.2, 0) is 9.84 Å². The minimum absolute atomic E-state index is 0.484. The van der Waals surface area contributed by atoms with Gasteiger partial charge in [0.25, 0.3) is 0 Å². The maximum absolute atomic E-state index is 13.9. The largest absolute Gasteiger partial charge is 0.378 e. The predicted molar refractivity (Wildman–Crippen MR) is 80.2 cm³/mol. The third-order valence-corrected chi connectivity index (χ3v) is 5.59. The van der Waals surface area contributed by atoms with Gasteiger partial charge in [0, 0.05) is 19.8 Å². The van der Waals surface area contributed by atoms with E-state index in [0.29, 0.717) is 5.69 Å². The van der Waals surface area contributed by atoms with Crippen LogP contribution in [0, 0.1) is 23.3 Å². The first-order valence-corrected chi connectivity index (χ1v) is 8.40. The second-order valence-electron chi connectivity index (χ2n) is 4.79. The van der Waals surface area contributed by atoms with Gasteiger partial charge in [-0.05, 0) is 40.2 Å². The van der Waals surface area contributed by atoms with E-state index in [0.717, 1.165) is 12.1 Å². The molecular formula is C14H10BrF4NO2S. The summed E-state index contributed by atoms with van der Waals surface area (Å²) >= 11 is 2.33. The van der Waals surface area contributed by atoms with E-state index in [2.05, 4.69) is 15.9 Å². The van der Waals surface area contributed by atoms with Gasteiger partial charge in [-0.25, -0.2) is 26.0 Å². The van der Waals surface area contributed by atoms with Crippen molar-refractivity contribution in [1.82, 2.24) is 0 Å². The summed E-state index contributed by atoms with van der Waals surface area (Å²) in [5, 5.41) is 0. The molecule has 23 heavy (non-hydrogen) atoms. The smallest absolute Gasteiger partial charge is 0.212 e. The lowest BCUT2D eigenvalue weighted by Gasteiger charge is -2.14. The number of halogens is 5. The molecule has 2 rings (SSSR count). The van der Waals surface area contributed by atoms with Crippen LogP contribution in [-0.4, -0.2) is 22.5 Å². The number of nitrogens with zero attached hydrogens (tertiary/aromatic N) is 1. The number of benzene rings is 2. The van der Waals surface area contributed by atoms with Crippen LogP contribution in [0.3, 0.4) is 0 Å². The topological polar surface area (TPSA) is 37.4 Å². The molecule has 0 spiro atoms. The van der Waals surface area contributed by atoms with Gasteiger partial charge in [0.05, 0.1) is 9.37 Å². The molecule has 0 aliphatic heterocycles. The van der Waals surface area contributed by atoms with Gasteiger partial charge in [0.2, 0.25) is 9.84 Å². The minimum atomic E-state index is -4.77. The van der Waals surface area contributed by atoms with Gasteiger partial charge in [-0.2, -0.15) is 0 Å². The van der Waals surface area contributed by atoms with E-state index in [1.807, 2.05) is 0 Å². The van der Waals surface area contributed by atoms with Crippen molar-refractivity contribution >= 4 is 31.5 Å². The number of rotatable bonds is 3. The Balaban J connectivity index is 2.70. The van der Waals surface area contributed by atoms with E-state index in [1.54, 1.807) is 19.0 Å². The molecule has 124 valence electrons. The lowest BCUT2D eigenvalue weighted by molar-refractivity contribution is 0.413. The van der Waals surface area contributed by atoms with E-state index in [9.17, 15) is 26.0 Å². The highest BCUT2D eigenvalue weighted by molar-refractivity contribution is 9.10. The van der Waals surface area contributed by atoms with Gasteiger partial charge in [-0.1, -0.05) is 0 Å². The van der Waals surface area contributed by atoms with E-state index in [-0.39, 0.29) is 0 Å². The fourth-order valence-electron chi connectivity index (χ4n) is 1.86. The molecule has 0 fully saturated rings. The van der Waals surface area contributed by atoms with Crippen LogP contribution in [0.5, 0.6) is 0 Å². The van der Waals surface area contributed by atoms with E-state index in [1.165, 1.54) is 12.1 Å². The number of sulfone groups is 1. The number of hydrogen-bond donors (Lipinski definition) is 0. The SMILES string of the molecule is CN(C)c1ccc(S(=O)(=O)c2c(F)c(F)c(Br)c(F)c2F)cc1. The Labute approximate surface area is 138 Å². The van der Waals surface area contributed by atoms with Gasteiger partial charge in [-0.15, -0.1) is 0 Å². The molecule has 9 heteroatoms. The molecule has 0 bridgehead atoms. The zero-order valence-corrected chi connectivity index (χ0v) is 14.3. The molecule has 0 radical (unpaired) electrons. The number of hydrogen-bond acceptors (Lipinski definition) is 3. The van der Waals surface area contributed by atoms with Crippen molar-refractivity contribution in [3.05, 3.63) is 52.0 Å². The number of anilines is 1. The Hall–Kier alpha value is -1.61. The first-order chi connectivity index (χ1) is 10.6. The van der Waals surface area contributed by atoms with Crippen molar-refractivity contribution in [1.29, 1.82) is 0 Å². The normalized spacial score (nSPS) is 11.6. The van der Waals surface area contributed by atoms with Crippen molar-refractivity contribution < 1.29 is 26.0 Å². The highest BCUT2D eigenvalue weighted by atomic mass is 79.9. The van der Waals surface area contributed by atoms with Gasteiger partial charge in [0.1, 0.15) is 4.90 Å². The molecular weight excluding hydrogens is 402 g/mol. The standard InChI is InChI=1S/C14H10BrF4NO2S/c1-20(2)7-3-5-8(6-4-7)23(21,22)14-12(18)10(16)9(15)11(17)13(14)19/h3-6H,1-2H3. The first kappa shape index (κ1) is 17.7. The summed E-state index contributed by atoms with van der Waals surface area (Å²) in [6.07, 6.45) is 0. The van der Waals surface area contributed by atoms with Crippen LogP contribution in [0.2, 0.25) is 0 Å². The Morgan fingerprint density at radius 2 is 1.30 bits per heavy atom. The summed E-state index contributed by atoms with van der Waals surface area (Å²) in [5.74, 6) is -7.58. The van der Waals surface area contributed by atoms with Gasteiger partial charge in [-0.3, -0.25) is 0 Å². The molecule has 2 aromatic rings. The summed E-state index contributed by atoms with van der Waals surface area (Å²) in [6, 6.07) is 4.99. The van der Waals surface area contributed by atoms with Crippen molar-refractivity contribution in [3.8, 4) is 0 Å². The highest BCUT2D eigenvalue weighted by Crippen LogP contribution is 2.34. The Morgan fingerprint density at radius 3 is 1.70 bits per heavy atom. The van der Waals surface area contributed by atoms with Crippen LogP contribution < -0.4 is 4.90 Å². The zero-order valence-electron chi connectivity index (χ0n) is 11.9. The quantitative estimate of drug-likeness (QED) is 0.436. The Bertz CT molecular complexity index is 838. The molecule has 3 nitrogen and oxygen atoms in total. The summed E-state index contributed by atoms with van der Waals surface area (Å²) in [6.45, 7) is 0. The van der Waals surface area contributed by atoms with Crippen molar-refractivity contribution in [2.24, 2.45) is 0 Å². The third-order valence-electron chi connectivity index (χ3n) is 3.10. The Morgan fingerprint density at radius 1 is 0.870 bits per heavy atom. The maximum Gasteiger partial charge on any atom is 0.212 e. The monoisotopic (exact) mass is 411 g/mol. The van der Waals surface area contributed by atoms with Crippen molar-refractivity contribution in [2.75, 3.05) is 19.0 Å². The van der Waals surface area contributed by atoms with Crippen LogP contribution >= 0.6 is 15.9 Å². The van der Waals surface area contributed by atoms with E-state index < -0.39 is 47.4 Å². The van der Waals surface area contributed by atoms with E-state index >= 15 is 0 Å². The summed E-state index contributed by atoms with van der Waals surface area (Å²) < 4.78 is 78.4. The van der Waals surface area contributed by atoms with Crippen molar-refractivity contribution in [2.45, 2.75) is 9.79 Å². The van der Waals surface area contributed by atoms with Crippen LogP contribution in [0.1, 0.15) is 0 Å². The van der Waals surface area contributed by atoms with Crippen molar-refractivity contribution in [3.63, 3.8) is 0 Å². The molecule has 2 aromatic carbocycles. The second-order valence-corrected chi connectivity index (χ2v) is 7.47. The van der Waals surface area contributed by atoms with Crippen LogP contribution in [0.4, 0.5) is 23.2 Å². The highest BCUT2D eigenvalue weighted by Gasteiger charge is 2.33. The molecule has 0 saturated heterocycles. The van der Waals surface area contributed by atoms with Crippen LogP contribution in [0.25, 0.3) is 0 Å². The molecule has 0 aliphatic rings. The van der Waals surface area contributed by atoms with Gasteiger partial charge < -0.3 is 4.90 Å². The van der Waals surface area contributed by atoms with Crippen LogP contribution in [0.15, 0.2) is 38.5 Å². The predicted octanol–water partition coefficient (Wildman–Crippen LogP) is 3.90. The molecule has 0 atom stereocenters. The Kier molecular flexibility index (Phi) is 4.72. The van der Waals surface area contributed by atoms with Gasteiger partial charge >= 0.3 is 0 Å². The average molecular weight is 412 g/mol. The molecule has 0 amide bonds. The van der Waals surface area contributed by atoms with E-state index in [4.69, 9.17) is 0 Å². The zero-order chi connectivity index (χ0) is 17.5. The molecule has 0 unspecified atom stereocenters. The summed E-state index contributed by atoms with van der Waals surface area (Å²) in [5.41, 5.74) is 0.637. The molecule has 0 aromatic heterocycles. The molecule has 0 saturated carbocycles. The molecule has 0 N–H and O–H groups in total. The lowest BCUT2D eigenvalue weighted by atomic mass is 10.3. The molecule has 0 aliphatic carbocycles. The fraction of sp³-hybridized carbons (Fsp3) is 0.143. The second kappa shape index (κ2) is 6.12. The molecule has 0 heterocycles. The minimum Gasteiger partial charge on any atom is -0.378 e. The third kappa shape index (κ3) is 2.94. The lowest BCUT2D eigenvalue weighted by Crippen LogP contribution is -2.13.